The number of amides is 5. The van der Waals surface area contributed by atoms with E-state index in [9.17, 15) is 24.4 Å². The first-order valence-corrected chi connectivity index (χ1v) is 14.1. The van der Waals surface area contributed by atoms with Crippen molar-refractivity contribution in [2.45, 2.75) is 78.6 Å². The predicted octanol–water partition coefficient (Wildman–Crippen LogP) is 1.70. The molecule has 1 aliphatic carbocycles. The number of aromatic nitrogens is 1. The zero-order valence-corrected chi connectivity index (χ0v) is 24.0. The predicted molar refractivity (Wildman–Crippen MR) is 147 cm³/mol. The summed E-state index contributed by atoms with van der Waals surface area (Å²) in [5, 5.41) is 21.1. The number of hydrogen-bond acceptors (Lipinski definition) is 6. The molecule has 0 spiro atoms. The van der Waals surface area contributed by atoms with Gasteiger partial charge in [-0.3, -0.25) is 19.4 Å². The van der Waals surface area contributed by atoms with Gasteiger partial charge in [-0.15, -0.1) is 0 Å². The van der Waals surface area contributed by atoms with E-state index in [0.717, 1.165) is 12.0 Å². The minimum absolute atomic E-state index is 0.0464. The fraction of sp³-hybridized carbons (Fsp3) is 0.655. The van der Waals surface area contributed by atoms with E-state index in [0.29, 0.717) is 19.5 Å². The third-order valence-electron chi connectivity index (χ3n) is 8.74. The first-order valence-electron chi connectivity index (χ1n) is 14.1. The molecule has 0 bridgehead atoms. The Bertz CT molecular complexity index is 1170. The molecule has 0 radical (unpaired) electrons. The van der Waals surface area contributed by atoms with Crippen molar-refractivity contribution in [2.75, 3.05) is 13.1 Å². The molecule has 3 aliphatic rings. The Morgan fingerprint density at radius 2 is 1.93 bits per heavy atom. The molecule has 3 fully saturated rings. The molecule has 2 saturated heterocycles. The normalized spacial score (nSPS) is 26.4. The van der Waals surface area contributed by atoms with Crippen LogP contribution in [0.25, 0.3) is 0 Å². The summed E-state index contributed by atoms with van der Waals surface area (Å²) in [5.41, 5.74) is 0.134. The van der Waals surface area contributed by atoms with Gasteiger partial charge in [0.15, 0.2) is 0 Å². The highest BCUT2D eigenvalue weighted by molar-refractivity contribution is 5.94. The summed E-state index contributed by atoms with van der Waals surface area (Å²) in [6.45, 7) is 11.1. The summed E-state index contributed by atoms with van der Waals surface area (Å²) in [5.74, 6) is -1.03. The number of piperidine rings is 2. The number of rotatable bonds is 8. The summed E-state index contributed by atoms with van der Waals surface area (Å²) in [4.78, 5) is 58.3. The van der Waals surface area contributed by atoms with E-state index in [-0.39, 0.29) is 53.9 Å². The number of nitriles is 1. The summed E-state index contributed by atoms with van der Waals surface area (Å²) >= 11 is 0. The molecule has 2 aliphatic heterocycles. The topological polar surface area (TPSA) is 156 Å². The lowest BCUT2D eigenvalue weighted by Crippen LogP contribution is -2.60. The molecule has 4 N–H and O–H groups in total. The standard InChI is InChI=1S/C29H41N7O4/c1-28(2,3)23(35-27(40)33-15-17-8-11-31-12-9-17)26(39)36-16-20-21(29(20,4)5)22(36)25(38)34-19(14-30)13-18-7-6-10-32-24(18)37/h8-9,11-12,18-23H,6-7,10,13,15-16H2,1-5H3,(H,32,37)(H,34,38)(H2,33,35,40)/t18-,19-,20-,21-,22-,23+/m0/s1. The van der Waals surface area contributed by atoms with Crippen LogP contribution in [-0.4, -0.2) is 64.9 Å². The highest BCUT2D eigenvalue weighted by Gasteiger charge is 2.69. The van der Waals surface area contributed by atoms with Crippen LogP contribution in [0.15, 0.2) is 24.5 Å². The summed E-state index contributed by atoms with van der Waals surface area (Å²) < 4.78 is 0. The molecule has 0 aromatic carbocycles. The molecule has 1 aromatic heterocycles. The van der Waals surface area contributed by atoms with Gasteiger partial charge in [0.05, 0.1) is 6.07 Å². The van der Waals surface area contributed by atoms with Gasteiger partial charge < -0.3 is 26.2 Å². The number of urea groups is 1. The molecule has 3 heterocycles. The van der Waals surface area contributed by atoms with Gasteiger partial charge in [-0.05, 0) is 59.6 Å². The molecule has 0 unspecified atom stereocenters. The van der Waals surface area contributed by atoms with Gasteiger partial charge in [0, 0.05) is 37.9 Å². The second-order valence-electron chi connectivity index (χ2n) is 12.9. The van der Waals surface area contributed by atoms with Gasteiger partial charge in [-0.1, -0.05) is 34.6 Å². The first-order chi connectivity index (χ1) is 18.8. The lowest BCUT2D eigenvalue weighted by Gasteiger charge is -2.37. The Hall–Kier alpha value is -3.68. The highest BCUT2D eigenvalue weighted by atomic mass is 16.2. The molecule has 40 heavy (non-hydrogen) atoms. The molecule has 5 amide bonds. The van der Waals surface area contributed by atoms with Crippen LogP contribution >= 0.6 is 0 Å². The van der Waals surface area contributed by atoms with Gasteiger partial charge in [0.25, 0.3) is 0 Å². The summed E-state index contributed by atoms with van der Waals surface area (Å²) in [6, 6.07) is 2.77. The van der Waals surface area contributed by atoms with Crippen molar-refractivity contribution in [3.05, 3.63) is 30.1 Å². The number of nitrogens with zero attached hydrogens (tertiary/aromatic N) is 3. The lowest BCUT2D eigenvalue weighted by atomic mass is 9.85. The van der Waals surface area contributed by atoms with Crippen molar-refractivity contribution < 1.29 is 19.2 Å². The highest BCUT2D eigenvalue weighted by Crippen LogP contribution is 2.65. The fourth-order valence-electron chi connectivity index (χ4n) is 6.24. The van der Waals surface area contributed by atoms with E-state index in [1.54, 1.807) is 29.4 Å². The second kappa shape index (κ2) is 11.4. The number of pyridine rings is 1. The van der Waals surface area contributed by atoms with Gasteiger partial charge in [-0.25, -0.2) is 4.79 Å². The van der Waals surface area contributed by atoms with Gasteiger partial charge in [0.2, 0.25) is 17.7 Å². The zero-order chi connectivity index (χ0) is 29.2. The number of carbonyl (C=O) groups excluding carboxylic acids is 4. The maximum atomic E-state index is 14.0. The molecular formula is C29H41N7O4. The fourth-order valence-corrected chi connectivity index (χ4v) is 6.24. The van der Waals surface area contributed by atoms with Crippen molar-refractivity contribution in [1.29, 1.82) is 5.26 Å². The Morgan fingerprint density at radius 1 is 1.23 bits per heavy atom. The van der Waals surface area contributed by atoms with Crippen LogP contribution in [0.3, 0.4) is 0 Å². The van der Waals surface area contributed by atoms with E-state index in [1.165, 1.54) is 0 Å². The van der Waals surface area contributed by atoms with Gasteiger partial charge in [0.1, 0.15) is 18.1 Å². The SMILES string of the molecule is CC(C)(C)[C@H](NC(=O)NCc1ccncc1)C(=O)N1C[C@H]2[C@@H]([C@H]1C(=O)N[C@H](C#N)C[C@@H]1CCCNC1=O)C2(C)C. The number of nitrogens with one attached hydrogen (secondary N) is 4. The summed E-state index contributed by atoms with van der Waals surface area (Å²) in [7, 11) is 0. The van der Waals surface area contributed by atoms with Crippen LogP contribution in [0.4, 0.5) is 4.79 Å². The van der Waals surface area contributed by atoms with Crippen LogP contribution in [0.2, 0.25) is 0 Å². The van der Waals surface area contributed by atoms with Crippen LogP contribution < -0.4 is 21.3 Å². The van der Waals surface area contributed by atoms with Crippen LogP contribution in [0.5, 0.6) is 0 Å². The quantitative estimate of drug-likeness (QED) is 0.385. The monoisotopic (exact) mass is 551 g/mol. The van der Waals surface area contributed by atoms with Crippen LogP contribution in [-0.2, 0) is 20.9 Å². The molecule has 6 atom stereocenters. The summed E-state index contributed by atoms with van der Waals surface area (Å²) in [6.07, 6.45) is 5.03. The molecular weight excluding hydrogens is 510 g/mol. The van der Waals surface area contributed by atoms with E-state index < -0.39 is 29.6 Å². The minimum atomic E-state index is -0.876. The average Bonchev–Trinajstić information content (AvgIpc) is 3.23. The molecule has 1 aromatic rings. The van der Waals surface area contributed by atoms with Gasteiger partial charge in [-0.2, -0.15) is 5.26 Å². The van der Waals surface area contributed by atoms with Crippen molar-refractivity contribution in [1.82, 2.24) is 31.2 Å². The second-order valence-corrected chi connectivity index (χ2v) is 12.9. The zero-order valence-electron chi connectivity index (χ0n) is 24.0. The lowest BCUT2D eigenvalue weighted by molar-refractivity contribution is -0.143. The first kappa shape index (κ1) is 29.3. The maximum absolute atomic E-state index is 14.0. The largest absolute Gasteiger partial charge is 0.356 e. The van der Waals surface area contributed by atoms with Crippen LogP contribution in [0, 0.1) is 39.9 Å². The van der Waals surface area contributed by atoms with Gasteiger partial charge >= 0.3 is 6.03 Å². The van der Waals surface area contributed by atoms with E-state index >= 15 is 0 Å². The molecule has 216 valence electrons. The Labute approximate surface area is 235 Å². The smallest absolute Gasteiger partial charge is 0.315 e. The molecule has 11 heteroatoms. The van der Waals surface area contributed by atoms with E-state index in [1.807, 2.05) is 20.8 Å². The molecule has 11 nitrogen and oxygen atoms in total. The Kier molecular flexibility index (Phi) is 8.38. The molecule has 4 rings (SSSR count). The van der Waals surface area contributed by atoms with E-state index in [2.05, 4.69) is 46.2 Å². The van der Waals surface area contributed by atoms with Crippen molar-refractivity contribution >= 4 is 23.8 Å². The van der Waals surface area contributed by atoms with Crippen molar-refractivity contribution in [3.8, 4) is 6.07 Å². The third kappa shape index (κ3) is 6.21. The number of carbonyl (C=O) groups is 4. The average molecular weight is 552 g/mol. The maximum Gasteiger partial charge on any atom is 0.315 e. The van der Waals surface area contributed by atoms with Crippen molar-refractivity contribution in [3.63, 3.8) is 0 Å². The van der Waals surface area contributed by atoms with E-state index in [4.69, 9.17) is 0 Å². The number of fused-ring (bicyclic) bond motifs is 1. The molecule has 1 saturated carbocycles. The number of hydrogen-bond donors (Lipinski definition) is 4. The van der Waals surface area contributed by atoms with Crippen LogP contribution in [0.1, 0.15) is 59.4 Å². The Balaban J connectivity index is 1.46. The van der Waals surface area contributed by atoms with Crippen molar-refractivity contribution in [2.24, 2.45) is 28.6 Å². The third-order valence-corrected chi connectivity index (χ3v) is 8.74. The minimum Gasteiger partial charge on any atom is -0.356 e. The Morgan fingerprint density at radius 3 is 2.55 bits per heavy atom. The number of likely N-dealkylation sites (tertiary alicyclic amines) is 1.